The Hall–Kier alpha value is -2.46. The molecule has 0 aliphatic carbocycles. The molecule has 0 aromatic heterocycles. The van der Waals surface area contributed by atoms with Crippen molar-refractivity contribution in [3.63, 3.8) is 0 Å². The van der Waals surface area contributed by atoms with E-state index in [2.05, 4.69) is 15.9 Å². The SMILES string of the molecule is Cc1cc(N(CC(=O)O)S(=O)(=O)c2cccc([N+](=O)[O-])c2)ccc1Br. The van der Waals surface area contributed by atoms with E-state index < -0.39 is 33.1 Å². The molecule has 0 amide bonds. The van der Waals surface area contributed by atoms with Crippen LogP contribution in [0, 0.1) is 17.0 Å². The Bertz CT molecular complexity index is 945. The predicted octanol–water partition coefficient (Wildman–Crippen LogP) is 2.95. The molecule has 132 valence electrons. The highest BCUT2D eigenvalue weighted by atomic mass is 79.9. The molecule has 0 fully saturated rings. The highest BCUT2D eigenvalue weighted by Crippen LogP contribution is 2.28. The summed E-state index contributed by atoms with van der Waals surface area (Å²) in [4.78, 5) is 21.0. The first kappa shape index (κ1) is 18.9. The van der Waals surface area contributed by atoms with Crippen LogP contribution in [0.2, 0.25) is 0 Å². The maximum atomic E-state index is 12.9. The van der Waals surface area contributed by atoms with Crippen molar-refractivity contribution in [2.24, 2.45) is 0 Å². The van der Waals surface area contributed by atoms with Crippen molar-refractivity contribution in [1.29, 1.82) is 0 Å². The van der Waals surface area contributed by atoms with Crippen molar-refractivity contribution in [2.75, 3.05) is 10.8 Å². The van der Waals surface area contributed by atoms with Gasteiger partial charge in [-0.2, -0.15) is 0 Å². The molecule has 8 nitrogen and oxygen atoms in total. The number of anilines is 1. The van der Waals surface area contributed by atoms with Crippen LogP contribution in [0.4, 0.5) is 11.4 Å². The Morgan fingerprint density at radius 3 is 2.52 bits per heavy atom. The number of carboxylic acids is 1. The number of aryl methyl sites for hydroxylation is 1. The molecule has 0 saturated carbocycles. The van der Waals surface area contributed by atoms with Gasteiger partial charge in [0.15, 0.2) is 0 Å². The highest BCUT2D eigenvalue weighted by molar-refractivity contribution is 9.10. The number of hydrogen-bond acceptors (Lipinski definition) is 5. The third-order valence-corrected chi connectivity index (χ3v) is 5.98. The van der Waals surface area contributed by atoms with Crippen molar-refractivity contribution < 1.29 is 23.2 Å². The maximum absolute atomic E-state index is 12.9. The van der Waals surface area contributed by atoms with Crippen LogP contribution >= 0.6 is 15.9 Å². The van der Waals surface area contributed by atoms with Gasteiger partial charge in [-0.15, -0.1) is 0 Å². The van der Waals surface area contributed by atoms with E-state index in [0.29, 0.717) is 9.87 Å². The lowest BCUT2D eigenvalue weighted by Crippen LogP contribution is -2.35. The fourth-order valence-electron chi connectivity index (χ4n) is 2.11. The first-order valence-corrected chi connectivity index (χ1v) is 9.11. The lowest BCUT2D eigenvalue weighted by Gasteiger charge is -2.23. The molecule has 0 unspecified atom stereocenters. The van der Waals surface area contributed by atoms with Crippen LogP contribution in [-0.2, 0) is 14.8 Å². The van der Waals surface area contributed by atoms with Crippen molar-refractivity contribution in [3.8, 4) is 0 Å². The van der Waals surface area contributed by atoms with Crippen LogP contribution < -0.4 is 4.31 Å². The van der Waals surface area contributed by atoms with E-state index in [1.54, 1.807) is 13.0 Å². The molecule has 2 aromatic rings. The minimum atomic E-state index is -4.30. The van der Waals surface area contributed by atoms with Gasteiger partial charge in [0.2, 0.25) is 0 Å². The zero-order valence-electron chi connectivity index (χ0n) is 12.9. The van der Waals surface area contributed by atoms with Crippen LogP contribution in [0.15, 0.2) is 51.8 Å². The smallest absolute Gasteiger partial charge is 0.324 e. The molecule has 25 heavy (non-hydrogen) atoms. The Morgan fingerprint density at radius 1 is 1.28 bits per heavy atom. The summed E-state index contributed by atoms with van der Waals surface area (Å²) in [6, 6.07) is 9.04. The van der Waals surface area contributed by atoms with Crippen LogP contribution in [0.5, 0.6) is 0 Å². The van der Waals surface area contributed by atoms with E-state index in [1.165, 1.54) is 24.3 Å². The van der Waals surface area contributed by atoms with E-state index in [4.69, 9.17) is 5.11 Å². The second kappa shape index (κ2) is 7.19. The molecule has 1 N–H and O–H groups in total. The number of non-ortho nitro benzene ring substituents is 1. The van der Waals surface area contributed by atoms with Crippen molar-refractivity contribution in [2.45, 2.75) is 11.8 Å². The van der Waals surface area contributed by atoms with Gasteiger partial charge in [0.1, 0.15) is 6.54 Å². The summed E-state index contributed by atoms with van der Waals surface area (Å²) in [6.45, 7) is 0.915. The van der Waals surface area contributed by atoms with E-state index >= 15 is 0 Å². The molecule has 0 saturated heterocycles. The third-order valence-electron chi connectivity index (χ3n) is 3.32. The number of nitrogens with zero attached hydrogens (tertiary/aromatic N) is 2. The van der Waals surface area contributed by atoms with Gasteiger partial charge in [0.25, 0.3) is 15.7 Å². The van der Waals surface area contributed by atoms with Crippen molar-refractivity contribution >= 4 is 43.3 Å². The Labute approximate surface area is 152 Å². The van der Waals surface area contributed by atoms with Crippen LogP contribution in [-0.4, -0.2) is 31.0 Å². The molecule has 0 bridgehead atoms. The number of benzene rings is 2. The Kier molecular flexibility index (Phi) is 5.43. The van der Waals surface area contributed by atoms with Gasteiger partial charge in [-0.3, -0.25) is 19.2 Å². The Balaban J connectivity index is 2.59. The zero-order chi connectivity index (χ0) is 18.8. The molecule has 0 heterocycles. The molecule has 2 rings (SSSR count). The van der Waals surface area contributed by atoms with E-state index in [0.717, 1.165) is 16.6 Å². The monoisotopic (exact) mass is 428 g/mol. The van der Waals surface area contributed by atoms with Gasteiger partial charge >= 0.3 is 5.97 Å². The minimum absolute atomic E-state index is 0.148. The van der Waals surface area contributed by atoms with E-state index in [-0.39, 0.29) is 10.6 Å². The number of aliphatic carboxylic acids is 1. The number of carboxylic acid groups (broad SMARTS) is 1. The maximum Gasteiger partial charge on any atom is 0.324 e. The summed E-state index contributed by atoms with van der Waals surface area (Å²) >= 11 is 3.29. The number of sulfonamides is 1. The first-order chi connectivity index (χ1) is 11.6. The van der Waals surface area contributed by atoms with Gasteiger partial charge in [-0.1, -0.05) is 22.0 Å². The predicted molar refractivity (Wildman–Crippen MR) is 94.1 cm³/mol. The van der Waals surface area contributed by atoms with Crippen LogP contribution in [0.3, 0.4) is 0 Å². The third kappa shape index (κ3) is 4.15. The molecule has 0 aliphatic heterocycles. The second-order valence-electron chi connectivity index (χ2n) is 5.09. The lowest BCUT2D eigenvalue weighted by molar-refractivity contribution is -0.385. The van der Waals surface area contributed by atoms with E-state index in [1.807, 2.05) is 0 Å². The lowest BCUT2D eigenvalue weighted by atomic mass is 10.2. The van der Waals surface area contributed by atoms with E-state index in [9.17, 15) is 23.3 Å². The normalized spacial score (nSPS) is 11.1. The van der Waals surface area contributed by atoms with Gasteiger partial charge < -0.3 is 5.11 Å². The summed E-state index contributed by atoms with van der Waals surface area (Å²) in [6.07, 6.45) is 0. The number of rotatable bonds is 6. The fourth-order valence-corrected chi connectivity index (χ4v) is 3.80. The van der Waals surface area contributed by atoms with Gasteiger partial charge in [-0.05, 0) is 36.8 Å². The Morgan fingerprint density at radius 2 is 1.96 bits per heavy atom. The molecule has 0 spiro atoms. The topological polar surface area (TPSA) is 118 Å². The zero-order valence-corrected chi connectivity index (χ0v) is 15.3. The minimum Gasteiger partial charge on any atom is -0.480 e. The summed E-state index contributed by atoms with van der Waals surface area (Å²) in [7, 11) is -4.30. The average Bonchev–Trinajstić information content (AvgIpc) is 2.55. The number of nitro groups is 1. The van der Waals surface area contributed by atoms with Gasteiger partial charge in [0, 0.05) is 16.6 Å². The summed E-state index contributed by atoms with van der Waals surface area (Å²) in [5, 5.41) is 20.0. The number of nitro benzene ring substituents is 1. The molecular weight excluding hydrogens is 416 g/mol. The summed E-state index contributed by atoms with van der Waals surface area (Å²) in [5.41, 5.74) is 0.458. The summed E-state index contributed by atoms with van der Waals surface area (Å²) < 4.78 is 27.2. The number of halogens is 1. The second-order valence-corrected chi connectivity index (χ2v) is 7.81. The summed E-state index contributed by atoms with van der Waals surface area (Å²) in [5.74, 6) is -1.35. The molecule has 0 atom stereocenters. The molecule has 10 heteroatoms. The van der Waals surface area contributed by atoms with Crippen molar-refractivity contribution in [1.82, 2.24) is 0 Å². The number of carbonyl (C=O) groups is 1. The fraction of sp³-hybridized carbons (Fsp3) is 0.133. The first-order valence-electron chi connectivity index (χ1n) is 6.88. The molecule has 0 aliphatic rings. The average molecular weight is 429 g/mol. The largest absolute Gasteiger partial charge is 0.480 e. The van der Waals surface area contributed by atoms with Gasteiger partial charge in [0.05, 0.1) is 15.5 Å². The molecule has 0 radical (unpaired) electrons. The van der Waals surface area contributed by atoms with Gasteiger partial charge in [-0.25, -0.2) is 8.42 Å². The molecule has 2 aromatic carbocycles. The highest BCUT2D eigenvalue weighted by Gasteiger charge is 2.28. The quantitative estimate of drug-likeness (QED) is 0.557. The van der Waals surface area contributed by atoms with Crippen molar-refractivity contribution in [3.05, 3.63) is 62.6 Å². The molecular formula is C15H13BrN2O6S. The number of hydrogen-bond donors (Lipinski definition) is 1. The standard InChI is InChI=1S/C15H13BrN2O6S/c1-10-7-11(5-6-14(10)16)17(9-15(19)20)25(23,24)13-4-2-3-12(8-13)18(21)22/h2-8H,9H2,1H3,(H,19,20). The van der Waals surface area contributed by atoms with Crippen LogP contribution in [0.25, 0.3) is 0 Å². The van der Waals surface area contributed by atoms with Crippen LogP contribution in [0.1, 0.15) is 5.56 Å².